The molecule has 0 aliphatic rings. The highest BCUT2D eigenvalue weighted by atomic mass is 79.9. The number of pyridine rings is 1. The summed E-state index contributed by atoms with van der Waals surface area (Å²) in [6.07, 6.45) is 1.56. The molecule has 0 spiro atoms. The number of halogens is 1. The van der Waals surface area contributed by atoms with E-state index in [0.717, 1.165) is 0 Å². The van der Waals surface area contributed by atoms with Gasteiger partial charge in [0.25, 0.3) is 5.91 Å². The summed E-state index contributed by atoms with van der Waals surface area (Å²) < 4.78 is 0.620. The molecular formula is C11H15BrN2O2. The third kappa shape index (κ3) is 3.90. The average molecular weight is 287 g/mol. The van der Waals surface area contributed by atoms with Crippen molar-refractivity contribution in [3.63, 3.8) is 0 Å². The van der Waals surface area contributed by atoms with Gasteiger partial charge in [-0.15, -0.1) is 0 Å². The Morgan fingerprint density at radius 3 is 2.75 bits per heavy atom. The van der Waals surface area contributed by atoms with Crippen molar-refractivity contribution >= 4 is 21.8 Å². The van der Waals surface area contributed by atoms with Gasteiger partial charge in [-0.25, -0.2) is 4.98 Å². The largest absolute Gasteiger partial charge is 0.389 e. The van der Waals surface area contributed by atoms with Crippen LogP contribution in [0.3, 0.4) is 0 Å². The number of nitrogens with zero attached hydrogens (tertiary/aromatic N) is 2. The van der Waals surface area contributed by atoms with Gasteiger partial charge in [0.1, 0.15) is 4.60 Å². The summed E-state index contributed by atoms with van der Waals surface area (Å²) in [7, 11) is 1.66. The van der Waals surface area contributed by atoms with Gasteiger partial charge in [0.05, 0.1) is 5.60 Å². The molecule has 16 heavy (non-hydrogen) atoms. The summed E-state index contributed by atoms with van der Waals surface area (Å²) in [6, 6.07) is 3.30. The average Bonchev–Trinajstić information content (AvgIpc) is 2.14. The Labute approximate surface area is 103 Å². The van der Waals surface area contributed by atoms with Gasteiger partial charge in [0.2, 0.25) is 0 Å². The lowest BCUT2D eigenvalue weighted by molar-refractivity contribution is 0.0368. The lowest BCUT2D eigenvalue weighted by Crippen LogP contribution is -2.39. The Hall–Kier alpha value is -0.940. The smallest absolute Gasteiger partial charge is 0.253 e. The number of aliphatic hydroxyl groups is 1. The number of aromatic nitrogens is 1. The highest BCUT2D eigenvalue weighted by Crippen LogP contribution is 2.11. The van der Waals surface area contributed by atoms with Gasteiger partial charge in [-0.3, -0.25) is 4.79 Å². The molecule has 1 N–H and O–H groups in total. The highest BCUT2D eigenvalue weighted by molar-refractivity contribution is 9.10. The number of hydrogen-bond acceptors (Lipinski definition) is 3. The highest BCUT2D eigenvalue weighted by Gasteiger charge is 2.20. The zero-order valence-corrected chi connectivity index (χ0v) is 11.2. The predicted molar refractivity (Wildman–Crippen MR) is 65.2 cm³/mol. The second-order valence-corrected chi connectivity index (χ2v) is 5.15. The van der Waals surface area contributed by atoms with Gasteiger partial charge in [0.15, 0.2) is 0 Å². The second-order valence-electron chi connectivity index (χ2n) is 4.34. The molecule has 1 rings (SSSR count). The van der Waals surface area contributed by atoms with Crippen LogP contribution in [0.4, 0.5) is 0 Å². The fourth-order valence-electron chi connectivity index (χ4n) is 1.41. The van der Waals surface area contributed by atoms with Crippen LogP contribution in [0.2, 0.25) is 0 Å². The zero-order valence-electron chi connectivity index (χ0n) is 9.57. The minimum absolute atomic E-state index is 0.134. The van der Waals surface area contributed by atoms with Gasteiger partial charge in [-0.05, 0) is 41.9 Å². The van der Waals surface area contributed by atoms with Crippen molar-refractivity contribution in [1.29, 1.82) is 0 Å². The van der Waals surface area contributed by atoms with Crippen LogP contribution in [0.1, 0.15) is 24.2 Å². The van der Waals surface area contributed by atoms with Crippen LogP contribution >= 0.6 is 15.9 Å². The fraction of sp³-hybridized carbons (Fsp3) is 0.455. The Morgan fingerprint density at radius 1 is 1.62 bits per heavy atom. The number of carbonyl (C=O) groups excluding carboxylic acids is 1. The molecule has 1 aromatic heterocycles. The molecule has 1 heterocycles. The second kappa shape index (κ2) is 4.93. The molecule has 0 unspecified atom stereocenters. The molecule has 0 saturated heterocycles. The number of rotatable bonds is 3. The van der Waals surface area contributed by atoms with Gasteiger partial charge in [0, 0.05) is 25.4 Å². The lowest BCUT2D eigenvalue weighted by atomic mass is 10.1. The van der Waals surface area contributed by atoms with Gasteiger partial charge in [-0.1, -0.05) is 0 Å². The monoisotopic (exact) mass is 286 g/mol. The van der Waals surface area contributed by atoms with E-state index >= 15 is 0 Å². The first kappa shape index (κ1) is 13.1. The SMILES string of the molecule is CN(CC(C)(C)O)C(=O)c1ccnc(Br)c1. The molecule has 0 aromatic carbocycles. The van der Waals surface area contributed by atoms with E-state index in [0.29, 0.717) is 10.2 Å². The van der Waals surface area contributed by atoms with Gasteiger partial charge < -0.3 is 10.0 Å². The quantitative estimate of drug-likeness (QED) is 0.861. The number of carbonyl (C=O) groups is 1. The molecule has 5 heteroatoms. The first-order valence-corrected chi connectivity index (χ1v) is 5.68. The van der Waals surface area contributed by atoms with E-state index in [4.69, 9.17) is 0 Å². The molecule has 1 amide bonds. The van der Waals surface area contributed by atoms with E-state index in [-0.39, 0.29) is 12.5 Å². The molecule has 0 aliphatic carbocycles. The van der Waals surface area contributed by atoms with E-state index in [1.807, 2.05) is 0 Å². The molecular weight excluding hydrogens is 272 g/mol. The van der Waals surface area contributed by atoms with E-state index in [1.54, 1.807) is 39.2 Å². The van der Waals surface area contributed by atoms with Gasteiger partial charge in [-0.2, -0.15) is 0 Å². The number of amides is 1. The summed E-state index contributed by atoms with van der Waals surface area (Å²) >= 11 is 3.21. The van der Waals surface area contributed by atoms with Crippen molar-refractivity contribution in [3.8, 4) is 0 Å². The fourth-order valence-corrected chi connectivity index (χ4v) is 1.77. The molecule has 88 valence electrons. The Kier molecular flexibility index (Phi) is 4.04. The summed E-state index contributed by atoms with van der Waals surface area (Å²) in [5.74, 6) is -0.134. The zero-order chi connectivity index (χ0) is 12.3. The van der Waals surface area contributed by atoms with Crippen molar-refractivity contribution < 1.29 is 9.90 Å². The third-order valence-electron chi connectivity index (χ3n) is 1.94. The minimum Gasteiger partial charge on any atom is -0.389 e. The first-order valence-electron chi connectivity index (χ1n) is 4.89. The van der Waals surface area contributed by atoms with Crippen LogP contribution in [-0.2, 0) is 0 Å². The molecule has 0 bridgehead atoms. The lowest BCUT2D eigenvalue weighted by Gasteiger charge is -2.25. The molecule has 0 aliphatic heterocycles. The van der Waals surface area contributed by atoms with Crippen LogP contribution in [0, 0.1) is 0 Å². The van der Waals surface area contributed by atoms with Crippen molar-refractivity contribution in [2.24, 2.45) is 0 Å². The van der Waals surface area contributed by atoms with Crippen molar-refractivity contribution in [2.45, 2.75) is 19.4 Å². The molecule has 0 atom stereocenters. The molecule has 4 nitrogen and oxygen atoms in total. The van der Waals surface area contributed by atoms with Crippen molar-refractivity contribution in [1.82, 2.24) is 9.88 Å². The summed E-state index contributed by atoms with van der Waals surface area (Å²) in [4.78, 5) is 17.4. The molecule has 0 saturated carbocycles. The van der Waals surface area contributed by atoms with Crippen LogP contribution in [0.15, 0.2) is 22.9 Å². The van der Waals surface area contributed by atoms with Crippen LogP contribution in [0.5, 0.6) is 0 Å². The Morgan fingerprint density at radius 2 is 2.25 bits per heavy atom. The summed E-state index contributed by atoms with van der Waals surface area (Å²) in [5.41, 5.74) is -0.345. The van der Waals surface area contributed by atoms with E-state index in [9.17, 15) is 9.90 Å². The van der Waals surface area contributed by atoms with Gasteiger partial charge >= 0.3 is 0 Å². The predicted octanol–water partition coefficient (Wildman–Crippen LogP) is 1.69. The number of hydrogen-bond donors (Lipinski definition) is 1. The first-order chi connectivity index (χ1) is 7.29. The van der Waals surface area contributed by atoms with E-state index in [2.05, 4.69) is 20.9 Å². The molecule has 0 radical (unpaired) electrons. The molecule has 1 aromatic rings. The van der Waals surface area contributed by atoms with Crippen LogP contribution in [-0.4, -0.2) is 40.1 Å². The van der Waals surface area contributed by atoms with Crippen LogP contribution < -0.4 is 0 Å². The maximum Gasteiger partial charge on any atom is 0.253 e. The minimum atomic E-state index is -0.894. The summed E-state index contributed by atoms with van der Waals surface area (Å²) in [5, 5.41) is 9.62. The standard InChI is InChI=1S/C11H15BrN2O2/c1-11(2,16)7-14(3)10(15)8-4-5-13-9(12)6-8/h4-6,16H,7H2,1-3H3. The van der Waals surface area contributed by atoms with E-state index < -0.39 is 5.60 Å². The normalized spacial score (nSPS) is 11.3. The number of likely N-dealkylation sites (N-methyl/N-ethyl adjacent to an activating group) is 1. The summed E-state index contributed by atoms with van der Waals surface area (Å²) in [6.45, 7) is 3.62. The van der Waals surface area contributed by atoms with Crippen molar-refractivity contribution in [2.75, 3.05) is 13.6 Å². The maximum atomic E-state index is 11.9. The Balaban J connectivity index is 2.78. The van der Waals surface area contributed by atoms with Crippen molar-refractivity contribution in [3.05, 3.63) is 28.5 Å². The maximum absolute atomic E-state index is 11.9. The van der Waals surface area contributed by atoms with Crippen LogP contribution in [0.25, 0.3) is 0 Å². The topological polar surface area (TPSA) is 53.4 Å². The molecule has 0 fully saturated rings. The Bertz CT molecular complexity index is 388. The third-order valence-corrected chi connectivity index (χ3v) is 2.38. The van der Waals surface area contributed by atoms with E-state index in [1.165, 1.54) is 4.90 Å².